The van der Waals surface area contributed by atoms with Gasteiger partial charge in [0.2, 0.25) is 11.8 Å². The minimum absolute atomic E-state index is 0.0705. The average molecular weight is 342 g/mol. The van der Waals surface area contributed by atoms with Gasteiger partial charge in [-0.2, -0.15) is 0 Å². The van der Waals surface area contributed by atoms with E-state index >= 15 is 0 Å². The lowest BCUT2D eigenvalue weighted by molar-refractivity contribution is -0.122. The highest BCUT2D eigenvalue weighted by molar-refractivity contribution is 8.15. The van der Waals surface area contributed by atoms with Crippen LogP contribution in [-0.2, 0) is 9.59 Å². The van der Waals surface area contributed by atoms with Crippen LogP contribution in [-0.4, -0.2) is 27.3 Å². The van der Waals surface area contributed by atoms with Gasteiger partial charge in [-0.05, 0) is 18.2 Å². The van der Waals surface area contributed by atoms with E-state index in [0.717, 1.165) is 22.0 Å². The van der Waals surface area contributed by atoms with Gasteiger partial charge in [-0.3, -0.25) is 19.7 Å². The lowest BCUT2D eigenvalue weighted by Gasteiger charge is -2.04. The molecule has 0 bridgehead atoms. The van der Waals surface area contributed by atoms with Crippen molar-refractivity contribution in [1.82, 2.24) is 10.3 Å². The zero-order valence-corrected chi connectivity index (χ0v) is 12.8. The Morgan fingerprint density at radius 1 is 1.43 bits per heavy atom. The summed E-state index contributed by atoms with van der Waals surface area (Å²) in [6, 6.07) is 5.26. The first-order valence-corrected chi connectivity index (χ1v) is 7.96. The number of nitrogens with zero attached hydrogens (tertiary/aromatic N) is 1. The Bertz CT molecular complexity index is 761. The van der Waals surface area contributed by atoms with E-state index in [0.29, 0.717) is 10.2 Å². The summed E-state index contributed by atoms with van der Waals surface area (Å²) >= 11 is 8.01. The summed E-state index contributed by atoms with van der Waals surface area (Å²) in [5, 5.41) is 4.71. The minimum Gasteiger partial charge on any atom is -0.302 e. The molecule has 3 amide bonds. The second-order valence-electron chi connectivity index (χ2n) is 4.27. The molecule has 2 N–H and O–H groups in total. The number of nitrogens with one attached hydrogen (secondary N) is 2. The van der Waals surface area contributed by atoms with Gasteiger partial charge in [0.25, 0.3) is 5.24 Å². The number of thiazole rings is 1. The fraction of sp³-hybridized carbons (Fsp3) is 0.167. The summed E-state index contributed by atoms with van der Waals surface area (Å²) < 4.78 is 0.862. The number of halogens is 1. The number of thioether (sulfide) groups is 1. The summed E-state index contributed by atoms with van der Waals surface area (Å²) in [6.07, 6.45) is -0.0705. The maximum atomic E-state index is 11.9. The van der Waals surface area contributed by atoms with Crippen LogP contribution in [0.4, 0.5) is 9.93 Å². The number of imide groups is 1. The first kappa shape index (κ1) is 14.3. The highest BCUT2D eigenvalue weighted by atomic mass is 35.5. The first-order valence-electron chi connectivity index (χ1n) is 5.89. The predicted molar refractivity (Wildman–Crippen MR) is 82.8 cm³/mol. The number of amides is 3. The fourth-order valence-electron chi connectivity index (χ4n) is 1.82. The largest absolute Gasteiger partial charge is 0.302 e. The molecule has 108 valence electrons. The van der Waals surface area contributed by atoms with Crippen molar-refractivity contribution < 1.29 is 14.4 Å². The lowest BCUT2D eigenvalue weighted by Crippen LogP contribution is -2.27. The second kappa shape index (κ2) is 5.63. The topological polar surface area (TPSA) is 88.2 Å². The van der Waals surface area contributed by atoms with Crippen molar-refractivity contribution in [2.75, 3.05) is 5.32 Å². The number of hydrogen-bond acceptors (Lipinski definition) is 6. The van der Waals surface area contributed by atoms with E-state index in [4.69, 9.17) is 11.6 Å². The number of hydrogen-bond donors (Lipinski definition) is 2. The molecule has 6 nitrogen and oxygen atoms in total. The van der Waals surface area contributed by atoms with Crippen molar-refractivity contribution in [1.29, 1.82) is 0 Å². The van der Waals surface area contributed by atoms with E-state index in [1.807, 2.05) is 0 Å². The Hall–Kier alpha value is -1.64. The molecule has 1 aromatic carbocycles. The monoisotopic (exact) mass is 341 g/mol. The Labute approximate surface area is 132 Å². The van der Waals surface area contributed by atoms with Crippen molar-refractivity contribution in [3.8, 4) is 0 Å². The quantitative estimate of drug-likeness (QED) is 0.896. The number of rotatable bonds is 3. The number of benzene rings is 1. The lowest BCUT2D eigenvalue weighted by atomic mass is 10.3. The van der Waals surface area contributed by atoms with Crippen LogP contribution < -0.4 is 10.6 Å². The Morgan fingerprint density at radius 3 is 2.95 bits per heavy atom. The van der Waals surface area contributed by atoms with Crippen molar-refractivity contribution in [3.05, 3.63) is 23.2 Å². The van der Waals surface area contributed by atoms with Gasteiger partial charge in [-0.1, -0.05) is 34.7 Å². The highest BCUT2D eigenvalue weighted by Gasteiger charge is 2.33. The van der Waals surface area contributed by atoms with Gasteiger partial charge in [-0.25, -0.2) is 4.98 Å². The molecular formula is C12H8ClN3O3S2. The van der Waals surface area contributed by atoms with Crippen LogP contribution in [0.25, 0.3) is 10.2 Å². The number of anilines is 1. The third kappa shape index (κ3) is 3.17. The number of carbonyl (C=O) groups excluding carboxylic acids is 3. The van der Waals surface area contributed by atoms with Crippen LogP contribution in [0.3, 0.4) is 0 Å². The molecular weight excluding hydrogens is 334 g/mol. The summed E-state index contributed by atoms with van der Waals surface area (Å²) in [5.41, 5.74) is 0.739. The molecule has 0 spiro atoms. The molecule has 2 heterocycles. The molecule has 2 aromatic rings. The summed E-state index contributed by atoms with van der Waals surface area (Å²) in [7, 11) is 0. The highest BCUT2D eigenvalue weighted by Crippen LogP contribution is 2.29. The number of aromatic nitrogens is 1. The molecule has 1 fully saturated rings. The van der Waals surface area contributed by atoms with Gasteiger partial charge >= 0.3 is 0 Å². The van der Waals surface area contributed by atoms with E-state index in [1.165, 1.54) is 11.3 Å². The van der Waals surface area contributed by atoms with Gasteiger partial charge in [0.1, 0.15) is 5.25 Å². The normalized spacial score (nSPS) is 18.0. The zero-order chi connectivity index (χ0) is 15.0. The van der Waals surface area contributed by atoms with Crippen molar-refractivity contribution in [2.24, 2.45) is 0 Å². The van der Waals surface area contributed by atoms with E-state index in [1.54, 1.807) is 18.2 Å². The Morgan fingerprint density at radius 2 is 2.24 bits per heavy atom. The SMILES string of the molecule is O=C(C[C@H]1SC(=O)NC1=O)Nc1nc2ccc(Cl)cc2s1. The zero-order valence-electron chi connectivity index (χ0n) is 10.4. The van der Waals surface area contributed by atoms with Crippen molar-refractivity contribution in [2.45, 2.75) is 11.7 Å². The molecule has 3 rings (SSSR count). The van der Waals surface area contributed by atoms with Crippen LogP contribution in [0.5, 0.6) is 0 Å². The van der Waals surface area contributed by atoms with Crippen LogP contribution in [0.15, 0.2) is 18.2 Å². The van der Waals surface area contributed by atoms with E-state index < -0.39 is 16.4 Å². The third-order valence-corrected chi connectivity index (χ3v) is 4.88. The standard InChI is InChI=1S/C12H8ClN3O3S2/c13-5-1-2-6-7(3-5)20-11(14-6)15-9(17)4-8-10(18)16-12(19)21-8/h1-3,8H,4H2,(H,14,15,17)(H,16,18,19)/t8-/m1/s1. The van der Waals surface area contributed by atoms with Gasteiger partial charge < -0.3 is 5.32 Å². The molecule has 0 aliphatic carbocycles. The molecule has 0 unspecified atom stereocenters. The van der Waals surface area contributed by atoms with Gasteiger partial charge in [0.15, 0.2) is 5.13 Å². The third-order valence-electron chi connectivity index (χ3n) is 2.73. The molecule has 21 heavy (non-hydrogen) atoms. The Kier molecular flexibility index (Phi) is 3.83. The number of carbonyl (C=O) groups is 3. The molecule has 1 aromatic heterocycles. The van der Waals surface area contributed by atoms with E-state index in [9.17, 15) is 14.4 Å². The molecule has 1 saturated heterocycles. The average Bonchev–Trinajstić information content (AvgIpc) is 2.91. The molecule has 1 aliphatic rings. The summed E-state index contributed by atoms with van der Waals surface area (Å²) in [6.45, 7) is 0. The second-order valence-corrected chi connectivity index (χ2v) is 6.91. The van der Waals surface area contributed by atoms with Gasteiger partial charge in [-0.15, -0.1) is 0 Å². The van der Waals surface area contributed by atoms with Crippen molar-refractivity contribution in [3.63, 3.8) is 0 Å². The fourth-order valence-corrected chi connectivity index (χ4v) is 3.79. The van der Waals surface area contributed by atoms with E-state index in [2.05, 4.69) is 15.6 Å². The van der Waals surface area contributed by atoms with Gasteiger partial charge in [0, 0.05) is 11.4 Å². The van der Waals surface area contributed by atoms with Crippen molar-refractivity contribution >= 4 is 67.1 Å². The van der Waals surface area contributed by atoms with Crippen LogP contribution in [0, 0.1) is 0 Å². The Balaban J connectivity index is 1.68. The molecule has 0 radical (unpaired) electrons. The molecule has 0 saturated carbocycles. The van der Waals surface area contributed by atoms with Crippen LogP contribution in [0.2, 0.25) is 5.02 Å². The smallest absolute Gasteiger partial charge is 0.286 e. The van der Waals surface area contributed by atoms with Gasteiger partial charge in [0.05, 0.1) is 10.2 Å². The van der Waals surface area contributed by atoms with Crippen LogP contribution in [0.1, 0.15) is 6.42 Å². The summed E-state index contributed by atoms with van der Waals surface area (Å²) in [4.78, 5) is 38.6. The molecule has 9 heteroatoms. The van der Waals surface area contributed by atoms with E-state index in [-0.39, 0.29) is 12.3 Å². The summed E-state index contributed by atoms with van der Waals surface area (Å²) in [5.74, 6) is -0.793. The molecule has 1 aliphatic heterocycles. The van der Waals surface area contributed by atoms with Crippen LogP contribution >= 0.6 is 34.7 Å². The maximum Gasteiger partial charge on any atom is 0.286 e. The molecule has 1 atom stereocenters. The minimum atomic E-state index is -0.679. The predicted octanol–water partition coefficient (Wildman–Crippen LogP) is 2.63. The first-order chi connectivity index (χ1) is 10.0. The maximum absolute atomic E-state index is 11.9. The number of fused-ring (bicyclic) bond motifs is 1.